The number of fused-ring (bicyclic) bond motifs is 1. The molecule has 0 atom stereocenters. The Kier molecular flexibility index (Phi) is 7.04. The Bertz CT molecular complexity index is 1120. The second kappa shape index (κ2) is 9.54. The van der Waals surface area contributed by atoms with Gasteiger partial charge in [0.15, 0.2) is 0 Å². The smallest absolute Gasteiger partial charge is 0.240 e. The van der Waals surface area contributed by atoms with Crippen LogP contribution in [0.4, 0.5) is 11.4 Å². The summed E-state index contributed by atoms with van der Waals surface area (Å²) in [6, 6.07) is 7.54. The number of nitrogens with one attached hydrogen (secondary N) is 3. The fourth-order valence-corrected chi connectivity index (χ4v) is 4.40. The highest BCUT2D eigenvalue weighted by atomic mass is 35.5. The molecule has 0 saturated heterocycles. The lowest BCUT2D eigenvalue weighted by Gasteiger charge is -2.17. The largest absolute Gasteiger partial charge is 0.495 e. The summed E-state index contributed by atoms with van der Waals surface area (Å²) in [7, 11) is -0.907. The molecule has 0 fully saturated rings. The Morgan fingerprint density at radius 3 is 2.58 bits per heavy atom. The molecular weight excluding hydrogens is 446 g/mol. The van der Waals surface area contributed by atoms with Gasteiger partial charge in [0.25, 0.3) is 0 Å². The van der Waals surface area contributed by atoms with E-state index in [4.69, 9.17) is 21.1 Å². The van der Waals surface area contributed by atoms with E-state index in [1.807, 2.05) is 0 Å². The molecule has 0 aliphatic carbocycles. The van der Waals surface area contributed by atoms with Crippen molar-refractivity contribution in [1.82, 2.24) is 4.72 Å². The number of benzene rings is 2. The highest BCUT2D eigenvalue weighted by molar-refractivity contribution is 7.89. The van der Waals surface area contributed by atoms with Gasteiger partial charge in [0, 0.05) is 31.1 Å². The Hall–Kier alpha value is -2.82. The van der Waals surface area contributed by atoms with E-state index in [9.17, 15) is 18.0 Å². The van der Waals surface area contributed by atoms with Crippen LogP contribution in [0, 0.1) is 0 Å². The first-order valence-corrected chi connectivity index (χ1v) is 11.2. The van der Waals surface area contributed by atoms with E-state index in [2.05, 4.69) is 15.4 Å². The minimum Gasteiger partial charge on any atom is -0.495 e. The number of carbonyl (C=O) groups excluding carboxylic acids is 2. The van der Waals surface area contributed by atoms with E-state index in [0.717, 1.165) is 5.56 Å². The van der Waals surface area contributed by atoms with Crippen LogP contribution in [-0.2, 0) is 26.0 Å². The number of aryl methyl sites for hydroxylation is 1. The van der Waals surface area contributed by atoms with Crippen molar-refractivity contribution < 1.29 is 27.5 Å². The Morgan fingerprint density at radius 2 is 1.87 bits per heavy atom. The van der Waals surface area contributed by atoms with Crippen molar-refractivity contribution in [2.75, 3.05) is 31.4 Å². The van der Waals surface area contributed by atoms with Gasteiger partial charge >= 0.3 is 0 Å². The molecule has 11 heteroatoms. The number of sulfonamides is 1. The van der Waals surface area contributed by atoms with Crippen LogP contribution in [-0.4, -0.2) is 41.0 Å². The van der Waals surface area contributed by atoms with E-state index in [1.54, 1.807) is 12.1 Å². The summed E-state index contributed by atoms with van der Waals surface area (Å²) in [6.45, 7) is -0.103. The third-order valence-corrected chi connectivity index (χ3v) is 6.43. The summed E-state index contributed by atoms with van der Waals surface area (Å²) in [4.78, 5) is 23.8. The molecule has 0 saturated carbocycles. The standard InChI is InChI=1S/C20H22ClN3O6S/c1-29-17-11-18(30-2)16(10-14(17)21)24-20(26)7-8-22-31(27,28)13-4-5-15-12(9-13)3-6-19(25)23-15/h4-5,9-11,22H,3,6-8H2,1-2H3,(H,23,25)(H,24,26). The zero-order valence-corrected chi connectivity index (χ0v) is 18.5. The van der Waals surface area contributed by atoms with Crippen LogP contribution in [0.1, 0.15) is 18.4 Å². The van der Waals surface area contributed by atoms with E-state index >= 15 is 0 Å². The number of methoxy groups -OCH3 is 2. The molecule has 9 nitrogen and oxygen atoms in total. The molecule has 0 spiro atoms. The third-order valence-electron chi connectivity index (χ3n) is 4.67. The number of carbonyl (C=O) groups is 2. The Morgan fingerprint density at radius 1 is 1.13 bits per heavy atom. The average Bonchev–Trinajstić information content (AvgIpc) is 2.73. The van der Waals surface area contributed by atoms with Crippen molar-refractivity contribution in [3.8, 4) is 11.5 Å². The topological polar surface area (TPSA) is 123 Å². The van der Waals surface area contributed by atoms with Crippen molar-refractivity contribution in [1.29, 1.82) is 0 Å². The first kappa shape index (κ1) is 22.9. The lowest BCUT2D eigenvalue weighted by atomic mass is 10.0. The fraction of sp³-hybridized carbons (Fsp3) is 0.300. The molecule has 0 unspecified atom stereocenters. The van der Waals surface area contributed by atoms with Crippen molar-refractivity contribution in [2.45, 2.75) is 24.2 Å². The van der Waals surface area contributed by atoms with Gasteiger partial charge in [-0.3, -0.25) is 9.59 Å². The molecule has 1 heterocycles. The maximum atomic E-state index is 12.6. The van der Waals surface area contributed by atoms with Crippen LogP contribution in [0.5, 0.6) is 11.5 Å². The van der Waals surface area contributed by atoms with Gasteiger partial charge in [0.05, 0.1) is 29.8 Å². The van der Waals surface area contributed by atoms with E-state index in [-0.39, 0.29) is 23.8 Å². The van der Waals surface area contributed by atoms with Gasteiger partial charge in [-0.25, -0.2) is 13.1 Å². The number of anilines is 2. The second-order valence-corrected chi connectivity index (χ2v) is 8.92. The Labute approximate surface area is 185 Å². The number of hydrogen-bond donors (Lipinski definition) is 3. The molecule has 0 bridgehead atoms. The van der Waals surface area contributed by atoms with Crippen LogP contribution in [0.25, 0.3) is 0 Å². The zero-order valence-electron chi connectivity index (χ0n) is 17.0. The molecule has 0 aromatic heterocycles. The highest BCUT2D eigenvalue weighted by Gasteiger charge is 2.20. The Balaban J connectivity index is 1.60. The predicted octanol–water partition coefficient (Wildman–Crippen LogP) is 2.55. The lowest BCUT2D eigenvalue weighted by molar-refractivity contribution is -0.117. The number of ether oxygens (including phenoxy) is 2. The van der Waals surface area contributed by atoms with Gasteiger partial charge in [-0.1, -0.05) is 11.6 Å². The van der Waals surface area contributed by atoms with E-state index in [1.165, 1.54) is 32.4 Å². The molecule has 3 N–H and O–H groups in total. The number of halogens is 1. The summed E-state index contributed by atoms with van der Waals surface area (Å²) >= 11 is 6.09. The molecule has 3 rings (SSSR count). The first-order chi connectivity index (χ1) is 14.7. The third kappa shape index (κ3) is 5.46. The molecule has 31 heavy (non-hydrogen) atoms. The number of amides is 2. The lowest BCUT2D eigenvalue weighted by Crippen LogP contribution is -2.28. The molecule has 2 aromatic carbocycles. The maximum absolute atomic E-state index is 12.6. The number of rotatable bonds is 8. The fourth-order valence-electron chi connectivity index (χ4n) is 3.08. The van der Waals surface area contributed by atoms with E-state index < -0.39 is 15.9 Å². The first-order valence-electron chi connectivity index (χ1n) is 9.37. The van der Waals surface area contributed by atoms with Gasteiger partial charge in [-0.05, 0) is 36.2 Å². The minimum absolute atomic E-state index is 0.0754. The maximum Gasteiger partial charge on any atom is 0.240 e. The van der Waals surface area contributed by atoms with Crippen LogP contribution in [0.3, 0.4) is 0 Å². The molecule has 2 aromatic rings. The van der Waals surface area contributed by atoms with Gasteiger partial charge in [-0.15, -0.1) is 0 Å². The van der Waals surface area contributed by atoms with Crippen molar-refractivity contribution in [3.05, 3.63) is 40.9 Å². The number of hydrogen-bond acceptors (Lipinski definition) is 6. The zero-order chi connectivity index (χ0) is 22.6. The minimum atomic E-state index is -3.81. The summed E-state index contributed by atoms with van der Waals surface area (Å²) in [5, 5.41) is 5.65. The normalized spacial score (nSPS) is 13.2. The molecular formula is C20H22ClN3O6S. The quantitative estimate of drug-likeness (QED) is 0.548. The van der Waals surface area contributed by atoms with Gasteiger partial charge in [-0.2, -0.15) is 0 Å². The van der Waals surface area contributed by atoms with Crippen LogP contribution < -0.4 is 24.8 Å². The highest BCUT2D eigenvalue weighted by Crippen LogP contribution is 2.35. The van der Waals surface area contributed by atoms with Crippen molar-refractivity contribution in [2.24, 2.45) is 0 Å². The average molecular weight is 468 g/mol. The van der Waals surface area contributed by atoms with Crippen LogP contribution >= 0.6 is 11.6 Å². The molecule has 166 valence electrons. The summed E-state index contributed by atoms with van der Waals surface area (Å²) in [5.41, 5.74) is 1.71. The van der Waals surface area contributed by atoms with Crippen molar-refractivity contribution in [3.63, 3.8) is 0 Å². The SMILES string of the molecule is COc1cc(OC)c(NC(=O)CCNS(=O)(=O)c2ccc3c(c2)CCC(=O)N3)cc1Cl. The molecule has 2 amide bonds. The summed E-state index contributed by atoms with van der Waals surface area (Å²) < 4.78 is 37.9. The van der Waals surface area contributed by atoms with Crippen LogP contribution in [0.2, 0.25) is 5.02 Å². The van der Waals surface area contributed by atoms with Gasteiger partial charge in [0.1, 0.15) is 11.5 Å². The summed E-state index contributed by atoms with van der Waals surface area (Å²) in [5.74, 6) is 0.239. The molecule has 1 aliphatic heterocycles. The second-order valence-electron chi connectivity index (χ2n) is 6.75. The predicted molar refractivity (Wildman–Crippen MR) is 116 cm³/mol. The van der Waals surface area contributed by atoms with Gasteiger partial charge < -0.3 is 20.1 Å². The molecule has 1 aliphatic rings. The summed E-state index contributed by atoms with van der Waals surface area (Å²) in [6.07, 6.45) is 0.676. The van der Waals surface area contributed by atoms with Crippen molar-refractivity contribution >= 4 is 44.8 Å². The molecule has 0 radical (unpaired) electrons. The van der Waals surface area contributed by atoms with Crippen LogP contribution in [0.15, 0.2) is 35.2 Å². The monoisotopic (exact) mass is 467 g/mol. The van der Waals surface area contributed by atoms with E-state index in [0.29, 0.717) is 40.7 Å². The van der Waals surface area contributed by atoms with Gasteiger partial charge in [0.2, 0.25) is 21.8 Å².